The molecule has 0 aromatic rings. The Balaban J connectivity index is 2.44. The fourth-order valence-corrected chi connectivity index (χ4v) is 2.60. The number of rotatable bonds is 6. The summed E-state index contributed by atoms with van der Waals surface area (Å²) in [5, 5.41) is 3.21. The number of nitrogens with two attached hydrogens (primary N) is 1. The van der Waals surface area contributed by atoms with Crippen LogP contribution in [0.3, 0.4) is 0 Å². The highest BCUT2D eigenvalue weighted by atomic mass is 16.5. The Morgan fingerprint density at radius 3 is 2.88 bits per heavy atom. The zero-order valence-corrected chi connectivity index (χ0v) is 10.4. The molecule has 0 bridgehead atoms. The van der Waals surface area contributed by atoms with Crippen LogP contribution >= 0.6 is 0 Å². The van der Waals surface area contributed by atoms with Gasteiger partial charge in [-0.2, -0.15) is 0 Å². The van der Waals surface area contributed by atoms with Gasteiger partial charge >= 0.3 is 0 Å². The maximum Gasteiger partial charge on any atom is 0.234 e. The normalized spacial score (nSPS) is 27.6. The van der Waals surface area contributed by atoms with Gasteiger partial charge in [-0.25, -0.2) is 0 Å². The second-order valence-corrected chi connectivity index (χ2v) is 4.86. The van der Waals surface area contributed by atoms with E-state index in [0.29, 0.717) is 25.0 Å². The molecule has 1 amide bonds. The van der Waals surface area contributed by atoms with Gasteiger partial charge in [-0.05, 0) is 24.7 Å². The van der Waals surface area contributed by atoms with Gasteiger partial charge < -0.3 is 15.8 Å². The van der Waals surface area contributed by atoms with E-state index in [-0.39, 0.29) is 11.9 Å². The molecule has 4 heteroatoms. The van der Waals surface area contributed by atoms with Crippen LogP contribution in [0.25, 0.3) is 0 Å². The number of methoxy groups -OCH3 is 1. The zero-order valence-electron chi connectivity index (χ0n) is 10.4. The van der Waals surface area contributed by atoms with E-state index in [1.807, 2.05) is 0 Å². The summed E-state index contributed by atoms with van der Waals surface area (Å²) < 4.78 is 4.97. The van der Waals surface area contributed by atoms with E-state index in [2.05, 4.69) is 12.2 Å². The highest BCUT2D eigenvalue weighted by molar-refractivity contribution is 5.80. The van der Waals surface area contributed by atoms with E-state index in [4.69, 9.17) is 10.5 Å². The second kappa shape index (κ2) is 6.86. The molecule has 1 aliphatic carbocycles. The Bertz CT molecular complexity index is 221. The van der Waals surface area contributed by atoms with E-state index < -0.39 is 0 Å². The van der Waals surface area contributed by atoms with Gasteiger partial charge in [0.1, 0.15) is 0 Å². The second-order valence-electron chi connectivity index (χ2n) is 4.86. The summed E-state index contributed by atoms with van der Waals surface area (Å²) in [6.07, 6.45) is 4.70. The first-order chi connectivity index (χ1) is 7.65. The molecule has 0 aromatic heterocycles. The molecule has 0 heterocycles. The lowest BCUT2D eigenvalue weighted by atomic mass is 9.78. The van der Waals surface area contributed by atoms with Gasteiger partial charge in [-0.1, -0.05) is 19.8 Å². The molecule has 16 heavy (non-hydrogen) atoms. The molecule has 0 aliphatic heterocycles. The lowest BCUT2D eigenvalue weighted by Crippen LogP contribution is -2.48. The average Bonchev–Trinajstić information content (AvgIpc) is 2.24. The van der Waals surface area contributed by atoms with Crippen LogP contribution in [0, 0.1) is 11.8 Å². The first kappa shape index (κ1) is 13.5. The molecule has 3 unspecified atom stereocenters. The van der Waals surface area contributed by atoms with Gasteiger partial charge in [0.2, 0.25) is 5.91 Å². The van der Waals surface area contributed by atoms with Crippen LogP contribution in [-0.4, -0.2) is 32.2 Å². The molecule has 0 saturated heterocycles. The number of hydrogen-bond acceptors (Lipinski definition) is 3. The minimum atomic E-state index is -0.227. The first-order valence-electron chi connectivity index (χ1n) is 6.16. The SMILES string of the molecule is COCCNC(C(N)=O)C1CCCC(C)C1. The number of hydrogen-bond donors (Lipinski definition) is 2. The standard InChI is InChI=1S/C12H24N2O2/c1-9-4-3-5-10(8-9)11(12(13)15)14-6-7-16-2/h9-11,14H,3-8H2,1-2H3,(H2,13,15). The third-order valence-corrected chi connectivity index (χ3v) is 3.43. The van der Waals surface area contributed by atoms with Gasteiger partial charge in [0.15, 0.2) is 0 Å². The molecule has 0 aromatic carbocycles. The summed E-state index contributed by atoms with van der Waals surface area (Å²) >= 11 is 0. The first-order valence-corrected chi connectivity index (χ1v) is 6.16. The van der Waals surface area contributed by atoms with Gasteiger partial charge in [0.25, 0.3) is 0 Å². The average molecular weight is 228 g/mol. The van der Waals surface area contributed by atoms with Crippen molar-refractivity contribution in [1.29, 1.82) is 0 Å². The van der Waals surface area contributed by atoms with Gasteiger partial charge in [-0.3, -0.25) is 4.79 Å². The van der Waals surface area contributed by atoms with Crippen LogP contribution in [0.4, 0.5) is 0 Å². The third kappa shape index (κ3) is 4.10. The summed E-state index contributed by atoms with van der Waals surface area (Å²) in [5.41, 5.74) is 5.45. The van der Waals surface area contributed by atoms with Crippen LogP contribution in [0.5, 0.6) is 0 Å². The van der Waals surface area contributed by atoms with Gasteiger partial charge in [0.05, 0.1) is 12.6 Å². The number of carbonyl (C=O) groups excluding carboxylic acids is 1. The number of nitrogens with one attached hydrogen (secondary N) is 1. The molecular formula is C12H24N2O2. The molecule has 94 valence electrons. The molecule has 1 fully saturated rings. The van der Waals surface area contributed by atoms with Crippen molar-refractivity contribution in [3.05, 3.63) is 0 Å². The van der Waals surface area contributed by atoms with Crippen molar-refractivity contribution in [2.24, 2.45) is 17.6 Å². The maximum absolute atomic E-state index is 11.4. The molecule has 1 saturated carbocycles. The molecular weight excluding hydrogens is 204 g/mol. The van der Waals surface area contributed by atoms with E-state index in [1.54, 1.807) is 7.11 Å². The Morgan fingerprint density at radius 1 is 1.56 bits per heavy atom. The third-order valence-electron chi connectivity index (χ3n) is 3.43. The Kier molecular flexibility index (Phi) is 5.77. The Morgan fingerprint density at radius 2 is 2.31 bits per heavy atom. The fourth-order valence-electron chi connectivity index (χ4n) is 2.60. The van der Waals surface area contributed by atoms with Gasteiger partial charge in [0, 0.05) is 13.7 Å². The van der Waals surface area contributed by atoms with Crippen molar-refractivity contribution >= 4 is 5.91 Å². The van der Waals surface area contributed by atoms with Crippen LogP contribution in [0.15, 0.2) is 0 Å². The minimum absolute atomic E-state index is 0.183. The van der Waals surface area contributed by atoms with Crippen molar-refractivity contribution in [3.8, 4) is 0 Å². The monoisotopic (exact) mass is 228 g/mol. The highest BCUT2D eigenvalue weighted by Crippen LogP contribution is 2.30. The predicted molar refractivity (Wildman–Crippen MR) is 64.0 cm³/mol. The minimum Gasteiger partial charge on any atom is -0.383 e. The Labute approximate surface area is 97.9 Å². The van der Waals surface area contributed by atoms with Crippen LogP contribution in [0.1, 0.15) is 32.6 Å². The molecule has 1 rings (SSSR count). The lowest BCUT2D eigenvalue weighted by molar-refractivity contribution is -0.121. The molecule has 0 spiro atoms. The molecule has 3 N–H and O–H groups in total. The molecule has 4 nitrogen and oxygen atoms in total. The summed E-state index contributed by atoms with van der Waals surface area (Å²) in [6.45, 7) is 3.56. The van der Waals surface area contributed by atoms with Crippen molar-refractivity contribution in [1.82, 2.24) is 5.32 Å². The van der Waals surface area contributed by atoms with Crippen LogP contribution < -0.4 is 11.1 Å². The van der Waals surface area contributed by atoms with Crippen molar-refractivity contribution in [3.63, 3.8) is 0 Å². The largest absolute Gasteiger partial charge is 0.383 e. The fraction of sp³-hybridized carbons (Fsp3) is 0.917. The van der Waals surface area contributed by atoms with Crippen LogP contribution in [-0.2, 0) is 9.53 Å². The summed E-state index contributed by atoms with van der Waals surface area (Å²) in [5.74, 6) is 0.887. The molecule has 3 atom stereocenters. The smallest absolute Gasteiger partial charge is 0.234 e. The summed E-state index contributed by atoms with van der Waals surface area (Å²) in [6, 6.07) is -0.183. The quantitative estimate of drug-likeness (QED) is 0.664. The number of ether oxygens (including phenoxy) is 1. The maximum atomic E-state index is 11.4. The number of amides is 1. The van der Waals surface area contributed by atoms with E-state index in [9.17, 15) is 4.79 Å². The highest BCUT2D eigenvalue weighted by Gasteiger charge is 2.29. The van der Waals surface area contributed by atoms with E-state index >= 15 is 0 Å². The van der Waals surface area contributed by atoms with Gasteiger partial charge in [-0.15, -0.1) is 0 Å². The molecule has 0 radical (unpaired) electrons. The topological polar surface area (TPSA) is 64.3 Å². The van der Waals surface area contributed by atoms with E-state index in [1.165, 1.54) is 12.8 Å². The Hall–Kier alpha value is -0.610. The summed E-state index contributed by atoms with van der Waals surface area (Å²) in [7, 11) is 1.66. The molecule has 1 aliphatic rings. The van der Waals surface area contributed by atoms with Crippen molar-refractivity contribution in [2.45, 2.75) is 38.6 Å². The predicted octanol–water partition coefficient (Wildman–Crippen LogP) is 0.903. The lowest BCUT2D eigenvalue weighted by Gasteiger charge is -2.32. The summed E-state index contributed by atoms with van der Waals surface area (Å²) in [4.78, 5) is 11.4. The van der Waals surface area contributed by atoms with Crippen molar-refractivity contribution < 1.29 is 9.53 Å². The van der Waals surface area contributed by atoms with Crippen molar-refractivity contribution in [2.75, 3.05) is 20.3 Å². The van der Waals surface area contributed by atoms with E-state index in [0.717, 1.165) is 12.8 Å². The zero-order chi connectivity index (χ0) is 12.0. The number of primary amides is 1. The van der Waals surface area contributed by atoms with Crippen LogP contribution in [0.2, 0.25) is 0 Å². The number of carbonyl (C=O) groups is 1.